The smallest absolute Gasteiger partial charge is 0.230 e. The van der Waals surface area contributed by atoms with E-state index in [2.05, 4.69) is 17.6 Å². The summed E-state index contributed by atoms with van der Waals surface area (Å²) < 4.78 is 0. The third kappa shape index (κ3) is 13.6. The number of amides is 1. The number of unbranched alkanes of at least 4 members (excludes halogenated alkanes) is 2. The van der Waals surface area contributed by atoms with Gasteiger partial charge < -0.3 is 15.4 Å². The highest BCUT2D eigenvalue weighted by atomic mass is 16.2. The lowest BCUT2D eigenvalue weighted by atomic mass is 9.95. The van der Waals surface area contributed by atoms with E-state index in [9.17, 15) is 4.79 Å². The minimum absolute atomic E-state index is 0.00530. The van der Waals surface area contributed by atoms with Crippen LogP contribution in [0.1, 0.15) is 90.9 Å². The van der Waals surface area contributed by atoms with Crippen molar-refractivity contribution in [2.24, 2.45) is 11.8 Å². The Kier molecular flexibility index (Phi) is 16.4. The third-order valence-electron chi connectivity index (χ3n) is 6.13. The molecule has 0 aromatic rings. The van der Waals surface area contributed by atoms with Crippen LogP contribution >= 0.6 is 0 Å². The lowest BCUT2D eigenvalue weighted by molar-refractivity contribution is -0.130. The number of nitrogens with zero attached hydrogens (tertiary/aromatic N) is 2. The molecule has 174 valence electrons. The van der Waals surface area contributed by atoms with Crippen molar-refractivity contribution in [3.8, 4) is 0 Å². The predicted molar refractivity (Wildman–Crippen MR) is 128 cm³/mol. The van der Waals surface area contributed by atoms with Crippen LogP contribution in [0, 0.1) is 5.92 Å². The normalized spacial score (nSPS) is 16.1. The highest BCUT2D eigenvalue weighted by Gasteiger charge is 2.17. The monoisotopic (exact) mass is 421 g/mol. The van der Waals surface area contributed by atoms with Crippen LogP contribution in [0.15, 0.2) is 0 Å². The topological polar surface area (TPSA) is 73.6 Å². The lowest BCUT2D eigenvalue weighted by Crippen LogP contribution is -2.38. The van der Waals surface area contributed by atoms with Crippen molar-refractivity contribution in [1.29, 1.82) is 0 Å². The van der Waals surface area contributed by atoms with Gasteiger partial charge in [0.25, 0.3) is 0 Å². The summed E-state index contributed by atoms with van der Waals surface area (Å²) in [6.45, 7) is 9.61. The molecule has 1 saturated carbocycles. The first-order valence-corrected chi connectivity index (χ1v) is 12.5. The predicted octanol–water partition coefficient (Wildman–Crippen LogP) is 2.97. The van der Waals surface area contributed by atoms with Crippen LogP contribution in [-0.4, -0.2) is 69.0 Å². The zero-order valence-corrected chi connectivity index (χ0v) is 19.8. The van der Waals surface area contributed by atoms with Crippen molar-refractivity contribution in [3.63, 3.8) is 0 Å². The van der Waals surface area contributed by atoms with Gasteiger partial charge in [0.2, 0.25) is 13.9 Å². The Bertz CT molecular complexity index is 420. The Balaban J connectivity index is 2.00. The standard InChI is InChI=1S/C23H48BN5O/c1-3-15-26-16-9-10-18-28(25)19-11-20-29(24)23(30)21(2)12-7-8-17-27-22-13-5-4-6-14-22/h21-22,26-27H,3-20,25H2,1-2H3/t21-/m1/s1. The number of hydrogen-bond donors (Lipinski definition) is 3. The second-order valence-electron chi connectivity index (χ2n) is 9.06. The maximum Gasteiger partial charge on any atom is 0.230 e. The number of hydrazine groups is 1. The van der Waals surface area contributed by atoms with Crippen molar-refractivity contribution in [1.82, 2.24) is 20.5 Å². The van der Waals surface area contributed by atoms with E-state index in [0.29, 0.717) is 6.54 Å². The highest BCUT2D eigenvalue weighted by Crippen LogP contribution is 2.17. The average Bonchev–Trinajstić information content (AvgIpc) is 2.75. The van der Waals surface area contributed by atoms with Crippen LogP contribution in [0.3, 0.4) is 0 Å². The van der Waals surface area contributed by atoms with Crippen molar-refractivity contribution in [3.05, 3.63) is 0 Å². The summed E-state index contributed by atoms with van der Waals surface area (Å²) in [6, 6.07) is 0.720. The van der Waals surface area contributed by atoms with Crippen LogP contribution in [0.5, 0.6) is 0 Å². The Morgan fingerprint density at radius 3 is 2.43 bits per heavy atom. The number of carbonyl (C=O) groups is 1. The molecule has 0 aliphatic heterocycles. The van der Waals surface area contributed by atoms with Gasteiger partial charge in [-0.15, -0.1) is 0 Å². The Labute approximate surface area is 187 Å². The van der Waals surface area contributed by atoms with Crippen molar-refractivity contribution >= 4 is 13.9 Å². The van der Waals surface area contributed by atoms with Gasteiger partial charge in [-0.1, -0.05) is 39.5 Å². The summed E-state index contributed by atoms with van der Waals surface area (Å²) in [7, 11) is 6.00. The first-order chi connectivity index (χ1) is 14.5. The van der Waals surface area contributed by atoms with E-state index in [1.54, 1.807) is 0 Å². The first kappa shape index (κ1) is 27.4. The van der Waals surface area contributed by atoms with Crippen LogP contribution in [-0.2, 0) is 4.79 Å². The summed E-state index contributed by atoms with van der Waals surface area (Å²) in [5.41, 5.74) is 0. The fraction of sp³-hybridized carbons (Fsp3) is 0.957. The Morgan fingerprint density at radius 2 is 1.70 bits per heavy atom. The largest absolute Gasteiger partial charge is 0.396 e. The molecule has 2 radical (unpaired) electrons. The van der Waals surface area contributed by atoms with Crippen LogP contribution < -0.4 is 16.5 Å². The van der Waals surface area contributed by atoms with E-state index >= 15 is 0 Å². The van der Waals surface area contributed by atoms with Gasteiger partial charge in [-0.2, -0.15) is 0 Å². The summed E-state index contributed by atoms with van der Waals surface area (Å²) in [5, 5.41) is 8.92. The van der Waals surface area contributed by atoms with Crippen molar-refractivity contribution in [2.45, 2.75) is 96.9 Å². The van der Waals surface area contributed by atoms with Crippen molar-refractivity contribution in [2.75, 3.05) is 39.3 Å². The minimum atomic E-state index is -0.00530. The molecular weight excluding hydrogens is 373 g/mol. The zero-order valence-electron chi connectivity index (χ0n) is 19.8. The molecule has 1 atom stereocenters. The molecule has 0 unspecified atom stereocenters. The van der Waals surface area contributed by atoms with E-state index in [1.165, 1.54) is 43.3 Å². The maximum absolute atomic E-state index is 12.5. The van der Waals surface area contributed by atoms with Gasteiger partial charge >= 0.3 is 0 Å². The lowest BCUT2D eigenvalue weighted by Gasteiger charge is -2.24. The molecule has 0 bridgehead atoms. The van der Waals surface area contributed by atoms with E-state index in [-0.39, 0.29) is 11.8 Å². The van der Waals surface area contributed by atoms with Gasteiger partial charge in [0.05, 0.1) is 0 Å². The molecule has 30 heavy (non-hydrogen) atoms. The third-order valence-corrected chi connectivity index (χ3v) is 6.13. The summed E-state index contributed by atoms with van der Waals surface area (Å²) in [5.74, 6) is 6.10. The van der Waals surface area contributed by atoms with E-state index < -0.39 is 0 Å². The molecule has 0 aromatic carbocycles. The molecule has 4 N–H and O–H groups in total. The van der Waals surface area contributed by atoms with Gasteiger partial charge in [0, 0.05) is 31.6 Å². The molecule has 0 saturated heterocycles. The summed E-state index contributed by atoms with van der Waals surface area (Å²) in [4.78, 5) is 13.9. The van der Waals surface area contributed by atoms with Gasteiger partial charge in [0.15, 0.2) is 0 Å². The SMILES string of the molecule is [B]N(CCCN(N)CCCCNCCC)C(=O)[C@H](C)CCCCNC1CCCCC1. The van der Waals surface area contributed by atoms with Gasteiger partial charge in [-0.25, -0.2) is 5.01 Å². The number of nitrogens with two attached hydrogens (primary N) is 1. The number of carbonyl (C=O) groups excluding carboxylic acids is 1. The van der Waals surface area contributed by atoms with E-state index in [0.717, 1.165) is 77.3 Å². The zero-order chi connectivity index (χ0) is 22.0. The molecule has 0 heterocycles. The van der Waals surface area contributed by atoms with Gasteiger partial charge in [-0.3, -0.25) is 10.6 Å². The molecule has 1 rings (SSSR count). The molecule has 6 nitrogen and oxygen atoms in total. The number of nitrogens with one attached hydrogen (secondary N) is 2. The average molecular weight is 421 g/mol. The first-order valence-electron chi connectivity index (χ1n) is 12.5. The molecule has 0 spiro atoms. The summed E-state index contributed by atoms with van der Waals surface area (Å²) >= 11 is 0. The van der Waals surface area contributed by atoms with Crippen LogP contribution in [0.4, 0.5) is 0 Å². The fourth-order valence-corrected chi connectivity index (χ4v) is 4.13. The molecule has 7 heteroatoms. The van der Waals surface area contributed by atoms with E-state index in [4.69, 9.17) is 13.8 Å². The molecule has 1 aliphatic rings. The number of rotatable bonds is 18. The fourth-order valence-electron chi connectivity index (χ4n) is 4.13. The second-order valence-corrected chi connectivity index (χ2v) is 9.06. The molecule has 0 aromatic heterocycles. The van der Waals surface area contributed by atoms with Gasteiger partial charge in [0.1, 0.15) is 0 Å². The maximum atomic E-state index is 12.5. The van der Waals surface area contributed by atoms with Crippen LogP contribution in [0.2, 0.25) is 0 Å². The number of hydrogen-bond acceptors (Lipinski definition) is 5. The quantitative estimate of drug-likeness (QED) is 0.137. The second kappa shape index (κ2) is 18.0. The molecule has 1 amide bonds. The minimum Gasteiger partial charge on any atom is -0.396 e. The summed E-state index contributed by atoms with van der Waals surface area (Å²) in [6.07, 6.45) is 14.1. The van der Waals surface area contributed by atoms with Crippen LogP contribution in [0.25, 0.3) is 0 Å². The Hall–Kier alpha value is -0.625. The highest BCUT2D eigenvalue weighted by molar-refractivity contribution is 6.14. The molecule has 1 fully saturated rings. The van der Waals surface area contributed by atoms with E-state index in [1.807, 2.05) is 11.9 Å². The van der Waals surface area contributed by atoms with Gasteiger partial charge in [-0.05, 0) is 71.0 Å². The molecule has 1 aliphatic carbocycles. The Morgan fingerprint density at radius 1 is 1.00 bits per heavy atom. The molecular formula is C23H48BN5O. The van der Waals surface area contributed by atoms with Crippen molar-refractivity contribution < 1.29 is 4.79 Å².